The van der Waals surface area contributed by atoms with Crippen LogP contribution in [0.3, 0.4) is 0 Å². The van der Waals surface area contributed by atoms with E-state index in [0.717, 1.165) is 44.7 Å². The molecule has 2 aromatic rings. The van der Waals surface area contributed by atoms with Crippen molar-refractivity contribution in [3.63, 3.8) is 0 Å². The number of amides is 1. The SMILES string of the molecule is Cn1cc(CCC(=O)NCCc2ccccc2N2CCOCC2)cn1. The Bertz CT molecular complexity index is 692. The van der Waals surface area contributed by atoms with Gasteiger partial charge in [-0.3, -0.25) is 9.48 Å². The third kappa shape index (κ3) is 5.06. The van der Waals surface area contributed by atoms with E-state index in [1.54, 1.807) is 4.68 Å². The van der Waals surface area contributed by atoms with E-state index < -0.39 is 0 Å². The lowest BCUT2D eigenvalue weighted by Gasteiger charge is -2.30. The number of hydrogen-bond acceptors (Lipinski definition) is 4. The van der Waals surface area contributed by atoms with Crippen molar-refractivity contribution in [3.8, 4) is 0 Å². The second kappa shape index (κ2) is 8.67. The molecule has 1 aromatic carbocycles. The van der Waals surface area contributed by atoms with Gasteiger partial charge in [0.05, 0.1) is 19.4 Å². The van der Waals surface area contributed by atoms with Gasteiger partial charge in [0.1, 0.15) is 0 Å². The van der Waals surface area contributed by atoms with E-state index >= 15 is 0 Å². The molecule has 0 spiro atoms. The number of anilines is 1. The highest BCUT2D eigenvalue weighted by Crippen LogP contribution is 2.21. The van der Waals surface area contributed by atoms with Gasteiger partial charge in [0.2, 0.25) is 5.91 Å². The Balaban J connectivity index is 1.46. The number of hydrogen-bond donors (Lipinski definition) is 1. The molecule has 1 amide bonds. The van der Waals surface area contributed by atoms with Crippen LogP contribution in [-0.2, 0) is 29.4 Å². The molecule has 6 heteroatoms. The van der Waals surface area contributed by atoms with Crippen LogP contribution in [0, 0.1) is 0 Å². The van der Waals surface area contributed by atoms with Crippen LogP contribution in [0.25, 0.3) is 0 Å². The summed E-state index contributed by atoms with van der Waals surface area (Å²) in [5.74, 6) is 0.0905. The molecule has 1 N–H and O–H groups in total. The Labute approximate surface area is 148 Å². The van der Waals surface area contributed by atoms with Crippen LogP contribution in [0.2, 0.25) is 0 Å². The summed E-state index contributed by atoms with van der Waals surface area (Å²) in [7, 11) is 1.88. The fourth-order valence-corrected chi connectivity index (χ4v) is 3.12. The number of para-hydroxylation sites is 1. The molecule has 1 aliphatic heterocycles. The second-order valence-corrected chi connectivity index (χ2v) is 6.35. The number of aryl methyl sites for hydroxylation is 2. The lowest BCUT2D eigenvalue weighted by Crippen LogP contribution is -2.37. The van der Waals surface area contributed by atoms with E-state index in [2.05, 4.69) is 39.6 Å². The monoisotopic (exact) mass is 342 g/mol. The van der Waals surface area contributed by atoms with Crippen molar-refractivity contribution in [2.24, 2.45) is 7.05 Å². The topological polar surface area (TPSA) is 59.4 Å². The summed E-state index contributed by atoms with van der Waals surface area (Å²) in [6.07, 6.45) is 5.82. The van der Waals surface area contributed by atoms with Crippen molar-refractivity contribution >= 4 is 11.6 Å². The highest BCUT2D eigenvalue weighted by Gasteiger charge is 2.14. The Morgan fingerprint density at radius 1 is 1.24 bits per heavy atom. The lowest BCUT2D eigenvalue weighted by molar-refractivity contribution is -0.121. The molecule has 0 atom stereocenters. The van der Waals surface area contributed by atoms with Gasteiger partial charge in [0.15, 0.2) is 0 Å². The fourth-order valence-electron chi connectivity index (χ4n) is 3.12. The summed E-state index contributed by atoms with van der Waals surface area (Å²) in [6.45, 7) is 4.06. The molecule has 1 aliphatic rings. The number of morpholine rings is 1. The third-order valence-electron chi connectivity index (χ3n) is 4.46. The summed E-state index contributed by atoms with van der Waals surface area (Å²) >= 11 is 0. The van der Waals surface area contributed by atoms with Gasteiger partial charge in [-0.1, -0.05) is 18.2 Å². The fraction of sp³-hybridized carbons (Fsp3) is 0.474. The first-order valence-corrected chi connectivity index (χ1v) is 8.87. The molecule has 25 heavy (non-hydrogen) atoms. The van der Waals surface area contributed by atoms with Gasteiger partial charge in [-0.2, -0.15) is 5.10 Å². The Hall–Kier alpha value is -2.34. The van der Waals surface area contributed by atoms with Crippen LogP contribution in [0.1, 0.15) is 17.5 Å². The Morgan fingerprint density at radius 2 is 2.04 bits per heavy atom. The average molecular weight is 342 g/mol. The van der Waals surface area contributed by atoms with Crippen molar-refractivity contribution in [2.75, 3.05) is 37.7 Å². The van der Waals surface area contributed by atoms with Crippen LogP contribution in [0.4, 0.5) is 5.69 Å². The molecule has 0 saturated carbocycles. The molecule has 2 heterocycles. The van der Waals surface area contributed by atoms with Crippen LogP contribution >= 0.6 is 0 Å². The lowest BCUT2D eigenvalue weighted by atomic mass is 10.1. The van der Waals surface area contributed by atoms with Crippen LogP contribution in [0.5, 0.6) is 0 Å². The minimum Gasteiger partial charge on any atom is -0.378 e. The number of benzene rings is 1. The summed E-state index contributed by atoms with van der Waals surface area (Å²) < 4.78 is 7.19. The molecular weight excluding hydrogens is 316 g/mol. The first-order chi connectivity index (χ1) is 12.2. The summed E-state index contributed by atoms with van der Waals surface area (Å²) in [5.41, 5.74) is 3.63. The molecular formula is C19H26N4O2. The first-order valence-electron chi connectivity index (χ1n) is 8.87. The van der Waals surface area contributed by atoms with Crippen molar-refractivity contribution in [2.45, 2.75) is 19.3 Å². The van der Waals surface area contributed by atoms with Gasteiger partial charge >= 0.3 is 0 Å². The number of nitrogens with one attached hydrogen (secondary N) is 1. The van der Waals surface area contributed by atoms with Gasteiger partial charge in [-0.25, -0.2) is 0 Å². The second-order valence-electron chi connectivity index (χ2n) is 6.35. The molecule has 6 nitrogen and oxygen atoms in total. The number of carbonyl (C=O) groups excluding carboxylic acids is 1. The molecule has 0 aliphatic carbocycles. The predicted molar refractivity (Wildman–Crippen MR) is 97.7 cm³/mol. The number of rotatable bonds is 7. The largest absolute Gasteiger partial charge is 0.378 e. The van der Waals surface area contributed by atoms with Gasteiger partial charge in [-0.05, 0) is 30.0 Å². The van der Waals surface area contributed by atoms with E-state index in [4.69, 9.17) is 4.74 Å². The minimum absolute atomic E-state index is 0.0905. The molecule has 0 radical (unpaired) electrons. The molecule has 0 bridgehead atoms. The molecule has 134 valence electrons. The number of aromatic nitrogens is 2. The number of nitrogens with zero attached hydrogens (tertiary/aromatic N) is 3. The smallest absolute Gasteiger partial charge is 0.220 e. The van der Waals surface area contributed by atoms with E-state index in [-0.39, 0.29) is 5.91 Å². The molecule has 0 unspecified atom stereocenters. The van der Waals surface area contributed by atoms with Crippen LogP contribution < -0.4 is 10.2 Å². The van der Waals surface area contributed by atoms with Gasteiger partial charge < -0.3 is 15.0 Å². The maximum absolute atomic E-state index is 12.0. The van der Waals surface area contributed by atoms with Crippen LogP contribution in [-0.4, -0.2) is 48.5 Å². The number of carbonyl (C=O) groups is 1. The minimum atomic E-state index is 0.0905. The average Bonchev–Trinajstić information content (AvgIpc) is 3.06. The zero-order chi connectivity index (χ0) is 17.5. The van der Waals surface area contributed by atoms with Gasteiger partial charge in [0.25, 0.3) is 0 Å². The Morgan fingerprint density at radius 3 is 2.80 bits per heavy atom. The first kappa shape index (κ1) is 17.5. The van der Waals surface area contributed by atoms with Crippen molar-refractivity contribution < 1.29 is 9.53 Å². The zero-order valence-electron chi connectivity index (χ0n) is 14.8. The zero-order valence-corrected chi connectivity index (χ0v) is 14.8. The van der Waals surface area contributed by atoms with Crippen molar-refractivity contribution in [1.29, 1.82) is 0 Å². The summed E-state index contributed by atoms with van der Waals surface area (Å²) in [6, 6.07) is 8.43. The van der Waals surface area contributed by atoms with E-state index in [9.17, 15) is 4.79 Å². The van der Waals surface area contributed by atoms with Crippen molar-refractivity contribution in [3.05, 3.63) is 47.8 Å². The standard InChI is InChI=1S/C19H26N4O2/c1-22-15-16(14-21-22)6-7-19(24)20-9-8-17-4-2-3-5-18(17)23-10-12-25-13-11-23/h2-5,14-15H,6-13H2,1H3,(H,20,24). The maximum atomic E-state index is 12.0. The molecule has 1 saturated heterocycles. The maximum Gasteiger partial charge on any atom is 0.220 e. The Kier molecular flexibility index (Phi) is 6.06. The van der Waals surface area contributed by atoms with Gasteiger partial charge in [-0.15, -0.1) is 0 Å². The molecule has 3 rings (SSSR count). The summed E-state index contributed by atoms with van der Waals surface area (Å²) in [4.78, 5) is 14.4. The normalized spacial score (nSPS) is 14.5. The van der Waals surface area contributed by atoms with E-state index in [1.807, 2.05) is 19.4 Å². The van der Waals surface area contributed by atoms with E-state index in [0.29, 0.717) is 13.0 Å². The van der Waals surface area contributed by atoms with E-state index in [1.165, 1.54) is 11.3 Å². The third-order valence-corrected chi connectivity index (χ3v) is 4.46. The van der Waals surface area contributed by atoms with Gasteiger partial charge in [0, 0.05) is 45.0 Å². The highest BCUT2D eigenvalue weighted by molar-refractivity contribution is 5.76. The predicted octanol–water partition coefficient (Wildman–Crippen LogP) is 1.55. The summed E-state index contributed by atoms with van der Waals surface area (Å²) in [5, 5.41) is 7.15. The van der Waals surface area contributed by atoms with Crippen molar-refractivity contribution in [1.82, 2.24) is 15.1 Å². The highest BCUT2D eigenvalue weighted by atomic mass is 16.5. The number of ether oxygens (including phenoxy) is 1. The quantitative estimate of drug-likeness (QED) is 0.829. The molecule has 1 fully saturated rings. The molecule has 1 aromatic heterocycles. The van der Waals surface area contributed by atoms with Crippen LogP contribution in [0.15, 0.2) is 36.7 Å².